The van der Waals surface area contributed by atoms with Gasteiger partial charge in [-0.25, -0.2) is 4.98 Å². The molecule has 7 heteroatoms. The number of carbonyl (C=O) groups excluding carboxylic acids is 2. The van der Waals surface area contributed by atoms with E-state index < -0.39 is 0 Å². The van der Waals surface area contributed by atoms with E-state index in [-0.39, 0.29) is 17.8 Å². The number of anilines is 1. The van der Waals surface area contributed by atoms with Crippen LogP contribution in [-0.4, -0.2) is 65.4 Å². The number of pyridine rings is 2. The first kappa shape index (κ1) is 19.5. The maximum atomic E-state index is 12.9. The van der Waals surface area contributed by atoms with Crippen molar-refractivity contribution in [3.05, 3.63) is 53.5 Å². The summed E-state index contributed by atoms with van der Waals surface area (Å²) in [7, 11) is 0. The van der Waals surface area contributed by atoms with E-state index >= 15 is 0 Å². The van der Waals surface area contributed by atoms with Gasteiger partial charge in [-0.15, -0.1) is 0 Å². The molecule has 4 rings (SSSR count). The highest BCUT2D eigenvalue weighted by Gasteiger charge is 2.29. The molecule has 1 unspecified atom stereocenters. The van der Waals surface area contributed by atoms with Crippen molar-refractivity contribution in [2.24, 2.45) is 0 Å². The minimum Gasteiger partial charge on any atom is -0.368 e. The predicted molar refractivity (Wildman–Crippen MR) is 109 cm³/mol. The molecule has 7 nitrogen and oxygen atoms in total. The number of rotatable bonds is 4. The molecule has 1 atom stereocenters. The Bertz CT molecular complexity index is 895. The van der Waals surface area contributed by atoms with Crippen molar-refractivity contribution >= 4 is 17.5 Å². The van der Waals surface area contributed by atoms with Crippen molar-refractivity contribution in [2.45, 2.75) is 32.3 Å². The van der Waals surface area contributed by atoms with Gasteiger partial charge in [0.2, 0.25) is 5.78 Å². The minimum absolute atomic E-state index is 0.105. The predicted octanol–water partition coefficient (Wildman–Crippen LogP) is 2.23. The lowest BCUT2D eigenvalue weighted by Crippen LogP contribution is -2.41. The zero-order chi connectivity index (χ0) is 20.2. The average Bonchev–Trinajstić information content (AvgIpc) is 3.18. The molecule has 0 spiro atoms. The van der Waals surface area contributed by atoms with Crippen molar-refractivity contribution in [2.75, 3.05) is 37.7 Å². The van der Waals surface area contributed by atoms with Gasteiger partial charge in [0.1, 0.15) is 17.6 Å². The van der Waals surface area contributed by atoms with Gasteiger partial charge in [-0.2, -0.15) is 0 Å². The first-order chi connectivity index (χ1) is 14.1. The second-order valence-corrected chi connectivity index (χ2v) is 7.51. The first-order valence-electron chi connectivity index (χ1n) is 10.2. The van der Waals surface area contributed by atoms with Gasteiger partial charge in [0.05, 0.1) is 0 Å². The van der Waals surface area contributed by atoms with Gasteiger partial charge >= 0.3 is 0 Å². The van der Waals surface area contributed by atoms with E-state index in [2.05, 4.69) is 14.9 Å². The number of aryl methyl sites for hydroxylation is 1. The van der Waals surface area contributed by atoms with E-state index in [1.165, 1.54) is 0 Å². The summed E-state index contributed by atoms with van der Waals surface area (Å²) >= 11 is 0. The fourth-order valence-corrected chi connectivity index (χ4v) is 3.93. The third-order valence-corrected chi connectivity index (χ3v) is 5.56. The van der Waals surface area contributed by atoms with E-state index in [0.29, 0.717) is 36.6 Å². The Labute approximate surface area is 170 Å². The lowest BCUT2D eigenvalue weighted by atomic mass is 10.1. The molecule has 0 bridgehead atoms. The average molecular weight is 394 g/mol. The molecular weight excluding hydrogens is 368 g/mol. The second kappa shape index (κ2) is 8.69. The molecule has 2 fully saturated rings. The third kappa shape index (κ3) is 4.29. The van der Waals surface area contributed by atoms with Crippen LogP contribution in [0.25, 0.3) is 0 Å². The molecule has 2 aliphatic heterocycles. The van der Waals surface area contributed by atoms with E-state index in [0.717, 1.165) is 38.2 Å². The highest BCUT2D eigenvalue weighted by molar-refractivity contribution is 6.08. The van der Waals surface area contributed by atoms with Crippen molar-refractivity contribution in [3.63, 3.8) is 0 Å². The monoisotopic (exact) mass is 394 g/mol. The molecule has 2 aromatic heterocycles. The lowest BCUT2D eigenvalue weighted by Gasteiger charge is -2.24. The number of ketones is 1. The summed E-state index contributed by atoms with van der Waals surface area (Å²) in [4.78, 5) is 38.4. The molecule has 29 heavy (non-hydrogen) atoms. The Morgan fingerprint density at radius 3 is 2.76 bits per heavy atom. The van der Waals surface area contributed by atoms with Crippen molar-refractivity contribution in [1.82, 2.24) is 14.9 Å². The Morgan fingerprint density at radius 2 is 1.97 bits per heavy atom. The molecule has 4 heterocycles. The molecule has 2 aliphatic rings. The van der Waals surface area contributed by atoms with Crippen LogP contribution in [0, 0.1) is 6.92 Å². The largest absolute Gasteiger partial charge is 0.368 e. The standard InChI is InChI=1S/C22H26N4O3/c1-16-17(6-3-10-23-16)21(27)18-7-2-9-20(24-18)25-11-5-12-26(14-13-25)22(28)19-8-4-15-29-19/h2-3,6-7,9-10,19H,4-5,8,11-15H2,1H3. The lowest BCUT2D eigenvalue weighted by molar-refractivity contribution is -0.140. The minimum atomic E-state index is -0.275. The van der Waals surface area contributed by atoms with Gasteiger partial charge in [-0.3, -0.25) is 14.6 Å². The van der Waals surface area contributed by atoms with Gasteiger partial charge in [-0.05, 0) is 50.5 Å². The SMILES string of the molecule is Cc1ncccc1C(=O)c1cccc(N2CCCN(C(=O)C3CCCO3)CC2)n1. The Kier molecular flexibility index (Phi) is 5.85. The van der Waals surface area contributed by atoms with Crippen LogP contribution < -0.4 is 4.90 Å². The van der Waals surface area contributed by atoms with Crippen molar-refractivity contribution in [3.8, 4) is 0 Å². The van der Waals surface area contributed by atoms with Crippen LogP contribution in [0.2, 0.25) is 0 Å². The molecule has 0 saturated carbocycles. The zero-order valence-corrected chi connectivity index (χ0v) is 16.7. The summed E-state index contributed by atoms with van der Waals surface area (Å²) in [6.45, 7) is 5.35. The van der Waals surface area contributed by atoms with Gasteiger partial charge in [0.25, 0.3) is 5.91 Å². The number of amides is 1. The Balaban J connectivity index is 1.46. The van der Waals surface area contributed by atoms with Crippen LogP contribution in [0.3, 0.4) is 0 Å². The highest BCUT2D eigenvalue weighted by atomic mass is 16.5. The number of ether oxygens (including phenoxy) is 1. The van der Waals surface area contributed by atoms with E-state index in [9.17, 15) is 9.59 Å². The molecule has 2 saturated heterocycles. The normalized spacial score (nSPS) is 19.8. The smallest absolute Gasteiger partial charge is 0.251 e. The van der Waals surface area contributed by atoms with Crippen LogP contribution in [0.4, 0.5) is 5.82 Å². The summed E-state index contributed by atoms with van der Waals surface area (Å²) in [5, 5.41) is 0. The summed E-state index contributed by atoms with van der Waals surface area (Å²) in [6, 6.07) is 9.06. The van der Waals surface area contributed by atoms with E-state index in [1.54, 1.807) is 24.4 Å². The van der Waals surface area contributed by atoms with Gasteiger partial charge < -0.3 is 14.5 Å². The van der Waals surface area contributed by atoms with Crippen LogP contribution in [-0.2, 0) is 9.53 Å². The molecule has 1 amide bonds. The van der Waals surface area contributed by atoms with Crippen LogP contribution in [0.5, 0.6) is 0 Å². The summed E-state index contributed by atoms with van der Waals surface area (Å²) in [5.74, 6) is 0.750. The number of hydrogen-bond acceptors (Lipinski definition) is 6. The van der Waals surface area contributed by atoms with Crippen molar-refractivity contribution < 1.29 is 14.3 Å². The molecule has 152 valence electrons. The quantitative estimate of drug-likeness (QED) is 0.741. The topological polar surface area (TPSA) is 75.6 Å². The molecule has 2 aromatic rings. The van der Waals surface area contributed by atoms with Crippen molar-refractivity contribution in [1.29, 1.82) is 0 Å². The van der Waals surface area contributed by atoms with Gasteiger partial charge in [-0.1, -0.05) is 6.07 Å². The summed E-state index contributed by atoms with van der Waals surface area (Å²) in [6.07, 6.45) is 4.04. The maximum absolute atomic E-state index is 12.9. The number of aromatic nitrogens is 2. The molecule has 0 aliphatic carbocycles. The summed E-state index contributed by atoms with van der Waals surface area (Å²) in [5.41, 5.74) is 1.68. The fourth-order valence-electron chi connectivity index (χ4n) is 3.93. The zero-order valence-electron chi connectivity index (χ0n) is 16.7. The Hall–Kier alpha value is -2.80. The van der Waals surface area contributed by atoms with Gasteiger partial charge in [0.15, 0.2) is 0 Å². The summed E-state index contributed by atoms with van der Waals surface area (Å²) < 4.78 is 5.55. The second-order valence-electron chi connectivity index (χ2n) is 7.51. The number of nitrogens with zero attached hydrogens (tertiary/aromatic N) is 4. The van der Waals surface area contributed by atoms with Crippen LogP contribution in [0.15, 0.2) is 36.5 Å². The first-order valence-corrected chi connectivity index (χ1v) is 10.2. The van der Waals surface area contributed by atoms with Crippen LogP contribution >= 0.6 is 0 Å². The molecule has 0 radical (unpaired) electrons. The molecule has 0 aromatic carbocycles. The van der Waals surface area contributed by atoms with E-state index in [4.69, 9.17) is 4.74 Å². The fraction of sp³-hybridized carbons (Fsp3) is 0.455. The highest BCUT2D eigenvalue weighted by Crippen LogP contribution is 2.19. The number of hydrogen-bond donors (Lipinski definition) is 0. The Morgan fingerprint density at radius 1 is 1.07 bits per heavy atom. The molecular formula is C22H26N4O3. The van der Waals surface area contributed by atoms with E-state index in [1.807, 2.05) is 24.0 Å². The third-order valence-electron chi connectivity index (χ3n) is 5.56. The van der Waals surface area contributed by atoms with Crippen LogP contribution in [0.1, 0.15) is 41.0 Å². The maximum Gasteiger partial charge on any atom is 0.251 e. The van der Waals surface area contributed by atoms with Gasteiger partial charge in [0, 0.05) is 50.2 Å². The molecule has 0 N–H and O–H groups in total. The number of carbonyl (C=O) groups is 2.